The zero-order chi connectivity index (χ0) is 34.8. The van der Waals surface area contributed by atoms with E-state index in [1.807, 2.05) is 25.1 Å². The first kappa shape index (κ1) is 45.5. The third kappa shape index (κ3) is 31.5. The van der Waals surface area contributed by atoms with Crippen LogP contribution >= 0.6 is 11.8 Å². The van der Waals surface area contributed by atoms with Gasteiger partial charge in [-0.15, -0.1) is 0 Å². The summed E-state index contributed by atoms with van der Waals surface area (Å²) in [5, 5.41) is 0.126. The molecule has 7 nitrogen and oxygen atoms in total. The normalized spacial score (nSPS) is 11.6. The molecule has 1 amide bonds. The van der Waals surface area contributed by atoms with Crippen molar-refractivity contribution in [2.24, 2.45) is 0 Å². The summed E-state index contributed by atoms with van der Waals surface area (Å²) >= 11 is 1.38. The quantitative estimate of drug-likeness (QED) is 0.0387. The molecule has 0 atom stereocenters. The Balaban J connectivity index is 4.46. The monoisotopic (exact) mass is 683 g/mol. The van der Waals surface area contributed by atoms with Gasteiger partial charge in [-0.2, -0.15) is 0 Å². The fourth-order valence-electron chi connectivity index (χ4n) is 5.39. The minimum absolute atomic E-state index is 0.0623. The molecule has 0 radical (unpaired) electrons. The van der Waals surface area contributed by atoms with Gasteiger partial charge in [-0.25, -0.2) is 0 Å². The lowest BCUT2D eigenvalue weighted by atomic mass is 10.0. The molecular formula is C39H74N2O5S. The average Bonchev–Trinajstić information content (AvgIpc) is 3.04. The van der Waals surface area contributed by atoms with Crippen LogP contribution in [-0.2, 0) is 19.1 Å². The van der Waals surface area contributed by atoms with Crippen LogP contribution < -0.4 is 0 Å². The van der Waals surface area contributed by atoms with Crippen LogP contribution in [0.5, 0.6) is 0 Å². The number of unbranched alkanes of at least 4 members (excludes halogenated alkanes) is 14. The van der Waals surface area contributed by atoms with Crippen LogP contribution in [0.2, 0.25) is 0 Å². The van der Waals surface area contributed by atoms with E-state index in [0.29, 0.717) is 32.5 Å². The Kier molecular flexibility index (Phi) is 33.2. The summed E-state index contributed by atoms with van der Waals surface area (Å²) in [6.45, 7) is 9.27. The van der Waals surface area contributed by atoms with E-state index in [4.69, 9.17) is 9.47 Å². The molecule has 0 saturated carbocycles. The first-order valence-corrected chi connectivity index (χ1v) is 20.4. The molecule has 0 aliphatic heterocycles. The van der Waals surface area contributed by atoms with Gasteiger partial charge in [0.15, 0.2) is 0 Å². The van der Waals surface area contributed by atoms with Gasteiger partial charge >= 0.3 is 11.9 Å². The second-order valence-corrected chi connectivity index (χ2v) is 14.4. The van der Waals surface area contributed by atoms with Crippen LogP contribution in [0.4, 0.5) is 4.79 Å². The van der Waals surface area contributed by atoms with Crippen molar-refractivity contribution in [1.29, 1.82) is 0 Å². The minimum Gasteiger partial charge on any atom is -0.462 e. The molecule has 0 rings (SSSR count). The fraction of sp³-hybridized carbons (Fsp3) is 0.872. The number of amides is 1. The second kappa shape index (κ2) is 34.3. The summed E-state index contributed by atoms with van der Waals surface area (Å²) in [7, 11) is 4.04. The van der Waals surface area contributed by atoms with Gasteiger partial charge in [0.2, 0.25) is 0 Å². The molecule has 0 heterocycles. The molecule has 0 spiro atoms. The van der Waals surface area contributed by atoms with Gasteiger partial charge in [-0.3, -0.25) is 14.4 Å². The van der Waals surface area contributed by atoms with Crippen LogP contribution in [0.15, 0.2) is 12.2 Å². The van der Waals surface area contributed by atoms with E-state index in [9.17, 15) is 14.4 Å². The molecule has 0 aromatic rings. The van der Waals surface area contributed by atoms with Crippen LogP contribution in [0.25, 0.3) is 0 Å². The number of carbonyl (C=O) groups excluding carboxylic acids is 3. The van der Waals surface area contributed by atoms with Gasteiger partial charge < -0.3 is 19.3 Å². The smallest absolute Gasteiger partial charge is 0.306 e. The van der Waals surface area contributed by atoms with Crippen LogP contribution in [0.3, 0.4) is 0 Å². The maximum atomic E-state index is 13.0. The predicted molar refractivity (Wildman–Crippen MR) is 201 cm³/mol. The number of allylic oxidation sites excluding steroid dienone is 1. The third-order valence-electron chi connectivity index (χ3n) is 8.43. The molecule has 8 heteroatoms. The lowest BCUT2D eigenvalue weighted by Crippen LogP contribution is -2.31. The highest BCUT2D eigenvalue weighted by atomic mass is 32.2. The Morgan fingerprint density at radius 1 is 0.617 bits per heavy atom. The predicted octanol–water partition coefficient (Wildman–Crippen LogP) is 10.7. The lowest BCUT2D eigenvalue weighted by molar-refractivity contribution is -0.150. The number of esters is 2. The number of rotatable bonds is 33. The van der Waals surface area contributed by atoms with Gasteiger partial charge in [0.25, 0.3) is 5.24 Å². The van der Waals surface area contributed by atoms with E-state index in [-0.39, 0.29) is 23.3 Å². The summed E-state index contributed by atoms with van der Waals surface area (Å²) in [5.74, 6) is 0.557. The minimum atomic E-state index is -0.148. The molecular weight excluding hydrogens is 609 g/mol. The lowest BCUT2D eigenvalue weighted by Gasteiger charge is -2.23. The molecule has 0 aromatic heterocycles. The maximum Gasteiger partial charge on any atom is 0.306 e. The summed E-state index contributed by atoms with van der Waals surface area (Å²) in [6.07, 6.45) is 27.7. The van der Waals surface area contributed by atoms with Crippen LogP contribution in [0.1, 0.15) is 168 Å². The molecule has 0 saturated heterocycles. The van der Waals surface area contributed by atoms with Crippen LogP contribution in [-0.4, -0.2) is 79.2 Å². The molecule has 0 bridgehead atoms. The molecule has 0 N–H and O–H groups in total. The Morgan fingerprint density at radius 3 is 1.70 bits per heavy atom. The average molecular weight is 683 g/mol. The SMILES string of the molecule is CCCCCC/C=C\COC(=O)CCCCCN(CCCCCC(=O)OC(CCCCCC)CCCCCC)C(=O)SCCN(C)C. The number of hydrogen-bond acceptors (Lipinski definition) is 7. The number of thioether (sulfide) groups is 1. The molecule has 0 unspecified atom stereocenters. The Morgan fingerprint density at radius 2 is 1.15 bits per heavy atom. The third-order valence-corrected chi connectivity index (χ3v) is 9.32. The van der Waals surface area contributed by atoms with E-state index in [1.165, 1.54) is 76.0 Å². The number of carbonyl (C=O) groups is 3. The zero-order valence-electron chi connectivity index (χ0n) is 31.4. The fourth-order valence-corrected chi connectivity index (χ4v) is 6.39. The van der Waals surface area contributed by atoms with E-state index in [2.05, 4.69) is 31.7 Å². The first-order valence-electron chi connectivity index (χ1n) is 19.4. The van der Waals surface area contributed by atoms with Gasteiger partial charge in [0, 0.05) is 38.2 Å². The zero-order valence-corrected chi connectivity index (χ0v) is 32.2. The summed E-state index contributed by atoms with van der Waals surface area (Å²) in [4.78, 5) is 41.8. The Hall–Kier alpha value is -1.54. The Bertz CT molecular complexity index is 764. The van der Waals surface area contributed by atoms with E-state index in [0.717, 1.165) is 82.9 Å². The molecule has 0 aliphatic carbocycles. The van der Waals surface area contributed by atoms with Gasteiger partial charge in [-0.1, -0.05) is 115 Å². The highest BCUT2D eigenvalue weighted by Gasteiger charge is 2.16. The van der Waals surface area contributed by atoms with Crippen molar-refractivity contribution in [2.45, 2.75) is 175 Å². The largest absolute Gasteiger partial charge is 0.462 e. The maximum absolute atomic E-state index is 13.0. The van der Waals surface area contributed by atoms with E-state index >= 15 is 0 Å². The topological polar surface area (TPSA) is 76.1 Å². The van der Waals surface area contributed by atoms with Crippen molar-refractivity contribution in [3.63, 3.8) is 0 Å². The van der Waals surface area contributed by atoms with Crippen molar-refractivity contribution in [2.75, 3.05) is 46.1 Å². The van der Waals surface area contributed by atoms with Crippen molar-refractivity contribution in [3.8, 4) is 0 Å². The van der Waals surface area contributed by atoms with E-state index < -0.39 is 0 Å². The highest BCUT2D eigenvalue weighted by Crippen LogP contribution is 2.18. The highest BCUT2D eigenvalue weighted by molar-refractivity contribution is 8.13. The summed E-state index contributed by atoms with van der Waals surface area (Å²) in [5.41, 5.74) is 0. The van der Waals surface area contributed by atoms with Crippen molar-refractivity contribution in [1.82, 2.24) is 9.80 Å². The van der Waals surface area contributed by atoms with Crippen molar-refractivity contribution in [3.05, 3.63) is 12.2 Å². The summed E-state index contributed by atoms with van der Waals surface area (Å²) < 4.78 is 11.3. The van der Waals surface area contributed by atoms with Crippen molar-refractivity contribution < 1.29 is 23.9 Å². The van der Waals surface area contributed by atoms with Gasteiger partial charge in [0.05, 0.1) is 0 Å². The summed E-state index contributed by atoms with van der Waals surface area (Å²) in [6, 6.07) is 0. The molecule has 0 aliphatic rings. The Labute approximate surface area is 294 Å². The van der Waals surface area contributed by atoms with E-state index in [1.54, 1.807) is 0 Å². The molecule has 47 heavy (non-hydrogen) atoms. The molecule has 0 aromatic carbocycles. The van der Waals surface area contributed by atoms with Crippen LogP contribution in [0, 0.1) is 0 Å². The van der Waals surface area contributed by atoms with Gasteiger partial charge in [0.1, 0.15) is 12.7 Å². The standard InChI is InChI=1S/C39H74N2O5S/c1-6-9-12-15-16-17-26-34-45-37(42)29-22-18-24-31-41(39(44)47-35-33-40(4)5)32-25-19-23-30-38(43)46-36(27-20-13-10-7-2)28-21-14-11-8-3/h17,26,36H,6-16,18-25,27-35H2,1-5H3/b26-17-. The van der Waals surface area contributed by atoms with Crippen molar-refractivity contribution >= 4 is 28.9 Å². The molecule has 0 fully saturated rings. The molecule has 276 valence electrons. The van der Waals surface area contributed by atoms with Gasteiger partial charge in [-0.05, 0) is 78.3 Å². The number of nitrogens with zero attached hydrogens (tertiary/aromatic N) is 2. The second-order valence-electron chi connectivity index (χ2n) is 13.3. The number of hydrogen-bond donors (Lipinski definition) is 0. The number of ether oxygens (including phenoxy) is 2. The first-order chi connectivity index (χ1) is 22.8.